The van der Waals surface area contributed by atoms with E-state index in [9.17, 15) is 4.39 Å². The highest BCUT2D eigenvalue weighted by Crippen LogP contribution is 2.29. The number of nitrogens with zero attached hydrogens (tertiary/aromatic N) is 3. The van der Waals surface area contributed by atoms with Crippen molar-refractivity contribution in [1.29, 1.82) is 0 Å². The molecule has 1 saturated heterocycles. The third-order valence-corrected chi connectivity index (χ3v) is 4.82. The van der Waals surface area contributed by atoms with Crippen LogP contribution in [0.15, 0.2) is 60.9 Å². The highest BCUT2D eigenvalue weighted by atomic mass is 19.1. The molecule has 4 rings (SSSR count). The smallest absolute Gasteiger partial charge is 0.135 e. The Bertz CT molecular complexity index is 928. The second-order valence-electron chi connectivity index (χ2n) is 6.83. The third kappa shape index (κ3) is 5.20. The zero-order chi connectivity index (χ0) is 19.9. The molecular weight excluding hydrogens is 369 g/mol. The predicted octanol–water partition coefficient (Wildman–Crippen LogP) is 3.85. The minimum Gasteiger partial charge on any atom is -0.378 e. The van der Waals surface area contributed by atoms with Crippen LogP contribution in [0.5, 0.6) is 0 Å². The van der Waals surface area contributed by atoms with Crippen molar-refractivity contribution in [2.24, 2.45) is 0 Å². The van der Waals surface area contributed by atoms with Crippen LogP contribution in [0.2, 0.25) is 0 Å². The molecule has 0 spiro atoms. The largest absolute Gasteiger partial charge is 0.378 e. The number of para-hydroxylation sites is 2. The molecule has 29 heavy (non-hydrogen) atoms. The summed E-state index contributed by atoms with van der Waals surface area (Å²) in [5.74, 6) is 1.25. The van der Waals surface area contributed by atoms with Gasteiger partial charge in [-0.15, -0.1) is 0 Å². The number of hydrogen-bond acceptors (Lipinski definition) is 6. The molecule has 2 aromatic carbocycles. The number of morpholine rings is 1. The molecule has 7 heteroatoms. The molecule has 0 saturated carbocycles. The fraction of sp³-hybridized carbons (Fsp3) is 0.273. The summed E-state index contributed by atoms with van der Waals surface area (Å²) in [6.45, 7) is 3.93. The second-order valence-corrected chi connectivity index (χ2v) is 6.83. The summed E-state index contributed by atoms with van der Waals surface area (Å²) in [5, 5.41) is 6.71. The average Bonchev–Trinajstić information content (AvgIpc) is 2.76. The molecule has 0 amide bonds. The highest BCUT2D eigenvalue weighted by Gasteiger charge is 2.14. The van der Waals surface area contributed by atoms with Gasteiger partial charge in [-0.25, -0.2) is 14.4 Å². The van der Waals surface area contributed by atoms with Crippen molar-refractivity contribution < 1.29 is 9.13 Å². The summed E-state index contributed by atoms with van der Waals surface area (Å²) in [7, 11) is 0. The molecule has 0 radical (unpaired) electrons. The summed E-state index contributed by atoms with van der Waals surface area (Å²) in [4.78, 5) is 11.0. The maximum absolute atomic E-state index is 13.0. The molecule has 0 unspecified atom stereocenters. The molecule has 1 aliphatic heterocycles. The fourth-order valence-corrected chi connectivity index (χ4v) is 3.31. The zero-order valence-electron chi connectivity index (χ0n) is 16.1. The third-order valence-electron chi connectivity index (χ3n) is 4.82. The van der Waals surface area contributed by atoms with Crippen LogP contribution in [-0.4, -0.2) is 42.8 Å². The number of aromatic nitrogens is 2. The van der Waals surface area contributed by atoms with E-state index >= 15 is 0 Å². The number of anilines is 4. The molecule has 3 aromatic rings. The monoisotopic (exact) mass is 393 g/mol. The molecule has 0 bridgehead atoms. The van der Waals surface area contributed by atoms with Gasteiger partial charge in [0, 0.05) is 25.7 Å². The molecule has 0 aliphatic carbocycles. The lowest BCUT2D eigenvalue weighted by Gasteiger charge is -2.30. The zero-order valence-corrected chi connectivity index (χ0v) is 16.1. The lowest BCUT2D eigenvalue weighted by molar-refractivity contribution is 0.123. The van der Waals surface area contributed by atoms with Crippen LogP contribution >= 0.6 is 0 Å². The maximum Gasteiger partial charge on any atom is 0.135 e. The lowest BCUT2D eigenvalue weighted by Crippen LogP contribution is -2.36. The molecule has 1 fully saturated rings. The number of rotatable bonds is 7. The second kappa shape index (κ2) is 9.34. The van der Waals surface area contributed by atoms with Gasteiger partial charge in [-0.3, -0.25) is 0 Å². The van der Waals surface area contributed by atoms with Gasteiger partial charge in [-0.1, -0.05) is 24.3 Å². The average molecular weight is 393 g/mol. The minimum atomic E-state index is -0.217. The molecule has 2 heterocycles. The van der Waals surface area contributed by atoms with Crippen molar-refractivity contribution in [3.05, 3.63) is 72.3 Å². The predicted molar refractivity (Wildman–Crippen MR) is 113 cm³/mol. The summed E-state index contributed by atoms with van der Waals surface area (Å²) in [5.41, 5.74) is 3.22. The quantitative estimate of drug-likeness (QED) is 0.636. The van der Waals surface area contributed by atoms with Crippen LogP contribution < -0.4 is 15.5 Å². The van der Waals surface area contributed by atoms with Crippen LogP contribution in [-0.2, 0) is 11.2 Å². The van der Waals surface area contributed by atoms with E-state index in [1.807, 2.05) is 18.2 Å². The van der Waals surface area contributed by atoms with Crippen molar-refractivity contribution in [2.45, 2.75) is 6.42 Å². The van der Waals surface area contributed by atoms with Gasteiger partial charge in [0.25, 0.3) is 0 Å². The fourth-order valence-electron chi connectivity index (χ4n) is 3.31. The minimum absolute atomic E-state index is 0.217. The molecule has 1 aromatic heterocycles. The van der Waals surface area contributed by atoms with E-state index in [4.69, 9.17) is 4.74 Å². The molecule has 2 N–H and O–H groups in total. The number of ether oxygens (including phenoxy) is 1. The van der Waals surface area contributed by atoms with Crippen LogP contribution in [0.4, 0.5) is 27.4 Å². The molecule has 150 valence electrons. The van der Waals surface area contributed by atoms with Gasteiger partial charge >= 0.3 is 0 Å². The van der Waals surface area contributed by atoms with Gasteiger partial charge < -0.3 is 20.3 Å². The Morgan fingerprint density at radius 2 is 1.72 bits per heavy atom. The van der Waals surface area contributed by atoms with E-state index in [2.05, 4.69) is 37.6 Å². The van der Waals surface area contributed by atoms with Crippen molar-refractivity contribution >= 4 is 23.0 Å². The first-order valence-electron chi connectivity index (χ1n) is 9.77. The summed E-state index contributed by atoms with van der Waals surface area (Å²) in [6, 6.07) is 16.7. The van der Waals surface area contributed by atoms with E-state index in [0.717, 1.165) is 61.3 Å². The molecule has 0 atom stereocenters. The summed E-state index contributed by atoms with van der Waals surface area (Å²) < 4.78 is 18.5. The highest BCUT2D eigenvalue weighted by molar-refractivity contribution is 5.74. The van der Waals surface area contributed by atoms with E-state index in [1.165, 1.54) is 12.1 Å². The first-order valence-corrected chi connectivity index (χ1v) is 9.77. The Morgan fingerprint density at radius 1 is 0.966 bits per heavy atom. The van der Waals surface area contributed by atoms with Gasteiger partial charge in [0.2, 0.25) is 0 Å². The SMILES string of the molecule is Fc1ccc(CCNc2cc(Nc3ccccc3N3CCOCC3)ncn2)cc1. The van der Waals surface area contributed by atoms with Crippen LogP contribution in [0.3, 0.4) is 0 Å². The Balaban J connectivity index is 1.39. The van der Waals surface area contributed by atoms with E-state index in [-0.39, 0.29) is 5.82 Å². The van der Waals surface area contributed by atoms with Crippen molar-refractivity contribution in [1.82, 2.24) is 9.97 Å². The van der Waals surface area contributed by atoms with Crippen molar-refractivity contribution in [2.75, 3.05) is 48.4 Å². The number of halogens is 1. The van der Waals surface area contributed by atoms with Crippen molar-refractivity contribution in [3.8, 4) is 0 Å². The standard InChI is InChI=1S/C22H24FN5O/c23-18-7-5-17(6-8-18)9-10-24-21-15-22(26-16-25-21)27-19-3-1-2-4-20(19)28-11-13-29-14-12-28/h1-8,15-16H,9-14H2,(H2,24,25,26,27). The molecular formula is C22H24FN5O. The van der Waals surface area contributed by atoms with Gasteiger partial charge in [0.15, 0.2) is 0 Å². The van der Waals surface area contributed by atoms with Gasteiger partial charge in [-0.2, -0.15) is 0 Å². The topological polar surface area (TPSA) is 62.3 Å². The van der Waals surface area contributed by atoms with Crippen molar-refractivity contribution in [3.63, 3.8) is 0 Å². The molecule has 1 aliphatic rings. The van der Waals surface area contributed by atoms with Crippen LogP contribution in [0, 0.1) is 5.82 Å². The Morgan fingerprint density at radius 3 is 2.55 bits per heavy atom. The number of nitrogens with one attached hydrogen (secondary N) is 2. The normalized spacial score (nSPS) is 13.9. The Hall–Kier alpha value is -3.19. The van der Waals surface area contributed by atoms with E-state index < -0.39 is 0 Å². The number of benzene rings is 2. The first kappa shape index (κ1) is 19.1. The number of hydrogen-bond donors (Lipinski definition) is 2. The Labute approximate surface area is 169 Å². The maximum atomic E-state index is 13.0. The summed E-state index contributed by atoms with van der Waals surface area (Å²) in [6.07, 6.45) is 2.33. The molecule has 6 nitrogen and oxygen atoms in total. The Kier molecular flexibility index (Phi) is 6.16. The van der Waals surface area contributed by atoms with E-state index in [1.54, 1.807) is 18.5 Å². The van der Waals surface area contributed by atoms with Crippen LogP contribution in [0.25, 0.3) is 0 Å². The van der Waals surface area contributed by atoms with Gasteiger partial charge in [0.1, 0.15) is 23.8 Å². The summed E-state index contributed by atoms with van der Waals surface area (Å²) >= 11 is 0. The first-order chi connectivity index (χ1) is 14.3. The lowest BCUT2D eigenvalue weighted by atomic mass is 10.1. The van der Waals surface area contributed by atoms with Gasteiger partial charge in [0.05, 0.1) is 24.6 Å². The van der Waals surface area contributed by atoms with Crippen LogP contribution in [0.1, 0.15) is 5.56 Å². The van der Waals surface area contributed by atoms with Gasteiger partial charge in [-0.05, 0) is 36.2 Å². The van der Waals surface area contributed by atoms with E-state index in [0.29, 0.717) is 6.54 Å².